The van der Waals surface area contributed by atoms with Crippen LogP contribution < -0.4 is 9.47 Å². The number of hydrogen-bond donors (Lipinski definition) is 2. The Morgan fingerprint density at radius 3 is 2.68 bits per heavy atom. The molecular weight excluding hydrogens is 611 g/mol. The number of piperidine rings is 3. The highest BCUT2D eigenvalue weighted by molar-refractivity contribution is 7.84. The van der Waals surface area contributed by atoms with Crippen LogP contribution in [0.1, 0.15) is 41.3 Å². The molecule has 3 aliphatic rings. The van der Waals surface area contributed by atoms with Gasteiger partial charge >= 0.3 is 0 Å². The zero-order chi connectivity index (χ0) is 33.3. The van der Waals surface area contributed by atoms with E-state index in [1.165, 1.54) is 13.0 Å². The van der Waals surface area contributed by atoms with Crippen molar-refractivity contribution in [3.05, 3.63) is 96.0 Å². The van der Waals surface area contributed by atoms with Crippen molar-refractivity contribution in [3.8, 4) is 11.5 Å². The van der Waals surface area contributed by atoms with Gasteiger partial charge in [0.1, 0.15) is 23.6 Å². The van der Waals surface area contributed by atoms with Crippen LogP contribution in [0.15, 0.2) is 78.7 Å². The summed E-state index contributed by atoms with van der Waals surface area (Å²) in [5.41, 5.74) is 6.15. The molecule has 2 N–H and O–H groups in total. The molecule has 1 unspecified atom stereocenters. The largest absolute Gasteiger partial charge is 0.497 e. The van der Waals surface area contributed by atoms with Crippen molar-refractivity contribution in [3.63, 3.8) is 0 Å². The summed E-state index contributed by atoms with van der Waals surface area (Å²) in [7, 11) is 4.22. The fraction of sp³-hybridized carbons (Fsp3) is 0.378. The summed E-state index contributed by atoms with van der Waals surface area (Å²) in [5.74, 6) is 3.07. The number of para-hydroxylation sites is 1. The number of imidazole rings is 1. The number of ether oxygens (including phenoxy) is 2. The van der Waals surface area contributed by atoms with Gasteiger partial charge in [0.25, 0.3) is 0 Å². The van der Waals surface area contributed by atoms with Crippen molar-refractivity contribution in [1.29, 1.82) is 0 Å². The second-order valence-corrected chi connectivity index (χ2v) is 14.3. The van der Waals surface area contributed by atoms with Gasteiger partial charge < -0.3 is 24.0 Å². The number of benzene rings is 2. The Bertz CT molecular complexity index is 1940. The van der Waals surface area contributed by atoms with Gasteiger partial charge in [-0.05, 0) is 49.6 Å². The predicted octanol–water partition coefficient (Wildman–Crippen LogP) is 6.21. The van der Waals surface area contributed by atoms with Crippen LogP contribution in [0.25, 0.3) is 21.9 Å². The molecule has 0 amide bonds. The number of nitrogens with one attached hydrogen (secondary N) is 1. The average molecular weight is 655 g/mol. The smallest absolute Gasteiger partial charge is 0.197 e. The van der Waals surface area contributed by atoms with E-state index in [1.807, 2.05) is 62.5 Å². The van der Waals surface area contributed by atoms with Crippen LogP contribution in [0.2, 0.25) is 0 Å². The minimum Gasteiger partial charge on any atom is -0.497 e. The molecule has 47 heavy (non-hydrogen) atoms. The molecular formula is C37H44N5O4S+. The summed E-state index contributed by atoms with van der Waals surface area (Å²) in [6, 6.07) is 15.9. The number of aromatic amines is 1. The lowest BCUT2D eigenvalue weighted by molar-refractivity contribution is -0.956. The number of likely N-dealkylation sites (N-methyl/N-ethyl adjacent to an activating group) is 1. The van der Waals surface area contributed by atoms with Crippen LogP contribution in [0.5, 0.6) is 11.5 Å². The van der Waals surface area contributed by atoms with Crippen LogP contribution in [0.4, 0.5) is 0 Å². The predicted molar refractivity (Wildman–Crippen MR) is 186 cm³/mol. The minimum absolute atomic E-state index is 0.274. The first kappa shape index (κ1) is 32.8. The molecule has 3 saturated heterocycles. The Morgan fingerprint density at radius 2 is 1.94 bits per heavy atom. The Morgan fingerprint density at radius 1 is 1.13 bits per heavy atom. The third-order valence-electron chi connectivity index (χ3n) is 10.2. The lowest BCUT2D eigenvalue weighted by atomic mass is 9.72. The van der Waals surface area contributed by atoms with Crippen molar-refractivity contribution < 1.29 is 23.3 Å². The van der Waals surface area contributed by atoms with E-state index in [4.69, 9.17) is 9.47 Å². The number of aliphatic hydroxyl groups excluding tert-OH is 1. The third-order valence-corrected chi connectivity index (χ3v) is 11.3. The van der Waals surface area contributed by atoms with Crippen molar-refractivity contribution in [2.45, 2.75) is 49.7 Å². The van der Waals surface area contributed by atoms with Crippen molar-refractivity contribution in [2.24, 2.45) is 11.8 Å². The number of aryl methyl sites for hydroxylation is 1. The number of hydrogen-bond acceptors (Lipinski definition) is 7. The second-order valence-electron chi connectivity index (χ2n) is 13.0. The number of aromatic nitrogens is 4. The molecule has 5 aromatic rings. The monoisotopic (exact) mass is 654 g/mol. The average Bonchev–Trinajstić information content (AvgIpc) is 3.53. The van der Waals surface area contributed by atoms with E-state index in [0.29, 0.717) is 17.0 Å². The number of rotatable bonds is 8. The van der Waals surface area contributed by atoms with Gasteiger partial charge in [-0.1, -0.05) is 24.3 Å². The van der Waals surface area contributed by atoms with Gasteiger partial charge in [-0.25, -0.2) is 4.98 Å². The van der Waals surface area contributed by atoms with Crippen LogP contribution in [0.3, 0.4) is 0 Å². The first-order valence-corrected chi connectivity index (χ1v) is 17.4. The number of quaternary nitrogens is 1. The molecule has 10 heteroatoms. The molecule has 246 valence electrons. The lowest BCUT2D eigenvalue weighted by Gasteiger charge is -2.56. The van der Waals surface area contributed by atoms with E-state index in [0.717, 1.165) is 73.3 Å². The summed E-state index contributed by atoms with van der Waals surface area (Å²) < 4.78 is 24.2. The summed E-state index contributed by atoms with van der Waals surface area (Å²) in [6.07, 6.45) is 7.61. The van der Waals surface area contributed by atoms with Gasteiger partial charge in [0.05, 0.1) is 73.2 Å². The molecule has 2 aromatic carbocycles. The van der Waals surface area contributed by atoms with Gasteiger partial charge in [0, 0.05) is 53.7 Å². The third kappa shape index (κ3) is 6.42. The topological polar surface area (TPSA) is 110 Å². The molecule has 2 bridgehead atoms. The Kier molecular flexibility index (Phi) is 9.46. The van der Waals surface area contributed by atoms with E-state index >= 15 is 0 Å². The van der Waals surface area contributed by atoms with E-state index in [2.05, 4.69) is 45.7 Å². The van der Waals surface area contributed by atoms with Crippen LogP contribution in [0, 0.1) is 25.7 Å². The SMILES string of the molecule is C=C[C@H]1C[N+]2(C)CC[C@H]1C[C@H]2[C@H](O)c1ccnc2ccccc12.COc1ccc2nc([S@@](=O)Cc3ncc(C)c(OC)c3C)[nH]c2c1. The van der Waals surface area contributed by atoms with Gasteiger partial charge in [-0.2, -0.15) is 0 Å². The minimum atomic E-state index is -1.33. The molecule has 3 aliphatic heterocycles. The first-order chi connectivity index (χ1) is 22.6. The van der Waals surface area contributed by atoms with Crippen LogP contribution in [-0.4, -0.2) is 74.1 Å². The quantitative estimate of drug-likeness (QED) is 0.151. The maximum Gasteiger partial charge on any atom is 0.197 e. The molecule has 6 heterocycles. The highest BCUT2D eigenvalue weighted by Crippen LogP contribution is 2.45. The maximum atomic E-state index is 12.7. The van der Waals surface area contributed by atoms with Crippen LogP contribution >= 0.6 is 0 Å². The molecule has 8 rings (SSSR count). The second kappa shape index (κ2) is 13.5. The first-order valence-electron chi connectivity index (χ1n) is 16.1. The van der Waals surface area contributed by atoms with Crippen LogP contribution in [-0.2, 0) is 16.6 Å². The fourth-order valence-electron chi connectivity index (χ4n) is 7.48. The maximum absolute atomic E-state index is 12.7. The standard InChI is InChI=1S/C20H25N2O.C17H19N3O3S/c1-3-14-13-22(2)11-9-15(14)12-19(22)20(23)17-8-10-21-18-7-5-4-6-16(17)18;1-10-8-18-15(11(2)16(10)23-4)9-24(21)17-19-13-6-5-12(22-3)7-14(13)20-17/h3-8,10,14-15,19-20,23H,1,9,11-13H2,2H3;5-8H,9H2,1-4H3,(H,19,20)/q+1;/t14-,15-,19-,20+,22?;24-/m00/s1. The molecule has 6 atom stereocenters. The number of methoxy groups -OCH3 is 2. The van der Waals surface area contributed by atoms with Gasteiger partial charge in [0.2, 0.25) is 0 Å². The number of pyridine rings is 2. The van der Waals surface area contributed by atoms with Crippen molar-refractivity contribution in [1.82, 2.24) is 19.9 Å². The molecule has 3 fully saturated rings. The van der Waals surface area contributed by atoms with Crippen molar-refractivity contribution >= 4 is 32.7 Å². The summed E-state index contributed by atoms with van der Waals surface area (Å²) >= 11 is 0. The number of aliphatic hydroxyl groups is 1. The van der Waals surface area contributed by atoms with Gasteiger partial charge in [-0.3, -0.25) is 14.2 Å². The van der Waals surface area contributed by atoms with Gasteiger partial charge in [-0.15, -0.1) is 6.58 Å². The molecule has 3 aromatic heterocycles. The van der Waals surface area contributed by atoms with E-state index < -0.39 is 16.9 Å². The zero-order valence-electron chi connectivity index (χ0n) is 27.8. The summed E-state index contributed by atoms with van der Waals surface area (Å²) in [4.78, 5) is 16.3. The molecule has 9 nitrogen and oxygen atoms in total. The Balaban J connectivity index is 0.000000164. The molecule has 0 saturated carbocycles. The van der Waals surface area contributed by atoms with E-state index in [-0.39, 0.29) is 11.8 Å². The summed E-state index contributed by atoms with van der Waals surface area (Å²) in [6.45, 7) is 10.2. The lowest BCUT2D eigenvalue weighted by Crippen LogP contribution is -2.66. The molecule has 0 spiro atoms. The highest BCUT2D eigenvalue weighted by atomic mass is 32.2. The molecule has 0 radical (unpaired) electrons. The highest BCUT2D eigenvalue weighted by Gasteiger charge is 2.51. The van der Waals surface area contributed by atoms with Gasteiger partial charge in [0.15, 0.2) is 5.16 Å². The zero-order valence-corrected chi connectivity index (χ0v) is 28.6. The number of nitrogens with zero attached hydrogens (tertiary/aromatic N) is 4. The van der Waals surface area contributed by atoms with E-state index in [1.54, 1.807) is 20.4 Å². The van der Waals surface area contributed by atoms with Crippen molar-refractivity contribution in [2.75, 3.05) is 34.4 Å². The van der Waals surface area contributed by atoms with E-state index in [9.17, 15) is 9.32 Å². The Hall–Kier alpha value is -4.12. The molecule has 0 aliphatic carbocycles. The normalized spacial score (nSPS) is 23.1. The number of fused-ring (bicyclic) bond motifs is 5. The fourth-order valence-corrected chi connectivity index (χ4v) is 8.58. The number of H-pyrrole nitrogens is 1. The summed E-state index contributed by atoms with van der Waals surface area (Å²) in [5, 5.41) is 12.7. The Labute approximate surface area is 278 Å².